The third-order valence-corrected chi connectivity index (χ3v) is 3.17. The SMILES string of the molecule is CCCCC(CC)CC(O)c1cn(C)cn1. The summed E-state index contributed by atoms with van der Waals surface area (Å²) in [4.78, 5) is 4.20. The van der Waals surface area contributed by atoms with Crippen LogP contribution >= 0.6 is 0 Å². The van der Waals surface area contributed by atoms with Gasteiger partial charge in [-0.1, -0.05) is 39.5 Å². The number of nitrogens with zero attached hydrogens (tertiary/aromatic N) is 2. The molecule has 0 aliphatic heterocycles. The van der Waals surface area contributed by atoms with Crippen molar-refractivity contribution in [2.75, 3.05) is 0 Å². The number of aliphatic hydroxyl groups is 1. The summed E-state index contributed by atoms with van der Waals surface area (Å²) in [6.45, 7) is 4.41. The van der Waals surface area contributed by atoms with E-state index in [0.29, 0.717) is 5.92 Å². The lowest BCUT2D eigenvalue weighted by Crippen LogP contribution is -2.07. The van der Waals surface area contributed by atoms with Crippen molar-refractivity contribution in [3.05, 3.63) is 18.2 Å². The van der Waals surface area contributed by atoms with E-state index in [2.05, 4.69) is 18.8 Å². The van der Waals surface area contributed by atoms with Crippen molar-refractivity contribution in [2.24, 2.45) is 13.0 Å². The molecule has 0 fully saturated rings. The highest BCUT2D eigenvalue weighted by Crippen LogP contribution is 2.25. The Morgan fingerprint density at radius 2 is 2.19 bits per heavy atom. The third kappa shape index (κ3) is 3.97. The molecule has 1 aromatic rings. The first kappa shape index (κ1) is 13.2. The largest absolute Gasteiger partial charge is 0.387 e. The molecule has 0 amide bonds. The number of rotatable bonds is 7. The number of aliphatic hydroxyl groups excluding tert-OH is 1. The fraction of sp³-hybridized carbons (Fsp3) is 0.769. The molecular weight excluding hydrogens is 200 g/mol. The predicted octanol–water partition coefficient (Wildman–Crippen LogP) is 3.06. The Morgan fingerprint density at radius 3 is 2.69 bits per heavy atom. The lowest BCUT2D eigenvalue weighted by molar-refractivity contribution is 0.135. The van der Waals surface area contributed by atoms with Crippen LogP contribution in [0.25, 0.3) is 0 Å². The van der Waals surface area contributed by atoms with Gasteiger partial charge in [-0.3, -0.25) is 0 Å². The van der Waals surface area contributed by atoms with E-state index in [-0.39, 0.29) is 0 Å². The second-order valence-electron chi connectivity index (χ2n) is 4.63. The number of imidazole rings is 1. The van der Waals surface area contributed by atoms with Gasteiger partial charge >= 0.3 is 0 Å². The molecule has 16 heavy (non-hydrogen) atoms. The maximum atomic E-state index is 10.1. The second-order valence-corrected chi connectivity index (χ2v) is 4.63. The molecule has 1 N–H and O–H groups in total. The topological polar surface area (TPSA) is 38.0 Å². The quantitative estimate of drug-likeness (QED) is 0.773. The van der Waals surface area contributed by atoms with Crippen LogP contribution in [0.4, 0.5) is 0 Å². The molecule has 92 valence electrons. The molecule has 0 radical (unpaired) electrons. The maximum Gasteiger partial charge on any atom is 0.0977 e. The molecule has 3 nitrogen and oxygen atoms in total. The molecule has 2 atom stereocenters. The average molecular weight is 224 g/mol. The Labute approximate surface area is 98.5 Å². The summed E-state index contributed by atoms with van der Waals surface area (Å²) in [6, 6.07) is 0. The van der Waals surface area contributed by atoms with Gasteiger partial charge in [0.2, 0.25) is 0 Å². The van der Waals surface area contributed by atoms with Crippen molar-refractivity contribution < 1.29 is 5.11 Å². The fourth-order valence-electron chi connectivity index (χ4n) is 2.02. The Hall–Kier alpha value is -0.830. The van der Waals surface area contributed by atoms with Crippen molar-refractivity contribution in [1.82, 2.24) is 9.55 Å². The van der Waals surface area contributed by atoms with Crippen LogP contribution in [-0.2, 0) is 7.05 Å². The zero-order valence-electron chi connectivity index (χ0n) is 10.7. The highest BCUT2D eigenvalue weighted by molar-refractivity contribution is 5.00. The van der Waals surface area contributed by atoms with Crippen LogP contribution in [0.3, 0.4) is 0 Å². The minimum Gasteiger partial charge on any atom is -0.387 e. The Morgan fingerprint density at radius 1 is 1.44 bits per heavy atom. The van der Waals surface area contributed by atoms with Crippen LogP contribution in [0, 0.1) is 5.92 Å². The first-order chi connectivity index (χ1) is 7.67. The van der Waals surface area contributed by atoms with Crippen LogP contribution in [0.1, 0.15) is 57.7 Å². The Bertz CT molecular complexity index is 296. The van der Waals surface area contributed by atoms with Crippen LogP contribution in [0.2, 0.25) is 0 Å². The summed E-state index contributed by atoms with van der Waals surface area (Å²) < 4.78 is 1.88. The normalized spacial score (nSPS) is 15.0. The number of aromatic nitrogens is 2. The molecule has 0 saturated heterocycles. The minimum atomic E-state index is -0.400. The van der Waals surface area contributed by atoms with Crippen LogP contribution in [0.15, 0.2) is 12.5 Å². The molecule has 1 heterocycles. The lowest BCUT2D eigenvalue weighted by atomic mass is 9.92. The van der Waals surface area contributed by atoms with Gasteiger partial charge in [0.1, 0.15) is 0 Å². The number of hydrogen-bond acceptors (Lipinski definition) is 2. The molecule has 0 bridgehead atoms. The molecule has 0 saturated carbocycles. The Kier molecular flexibility index (Phi) is 5.53. The summed E-state index contributed by atoms with van der Waals surface area (Å²) in [5, 5.41) is 10.1. The van der Waals surface area contributed by atoms with E-state index < -0.39 is 6.10 Å². The molecule has 2 unspecified atom stereocenters. The molecule has 0 aromatic carbocycles. The summed E-state index contributed by atoms with van der Waals surface area (Å²) >= 11 is 0. The Balaban J connectivity index is 2.45. The zero-order valence-corrected chi connectivity index (χ0v) is 10.7. The van der Waals surface area contributed by atoms with Crippen molar-refractivity contribution in [3.8, 4) is 0 Å². The van der Waals surface area contributed by atoms with E-state index in [4.69, 9.17) is 0 Å². The van der Waals surface area contributed by atoms with Gasteiger partial charge in [-0.05, 0) is 12.3 Å². The van der Waals surface area contributed by atoms with Crippen molar-refractivity contribution in [2.45, 2.75) is 52.1 Å². The van der Waals surface area contributed by atoms with Gasteiger partial charge in [0.05, 0.1) is 18.1 Å². The molecule has 1 aromatic heterocycles. The van der Waals surface area contributed by atoms with Gasteiger partial charge in [-0.25, -0.2) is 4.98 Å². The van der Waals surface area contributed by atoms with E-state index in [1.807, 2.05) is 17.8 Å². The molecule has 1 rings (SSSR count). The van der Waals surface area contributed by atoms with Gasteiger partial charge < -0.3 is 9.67 Å². The predicted molar refractivity (Wildman–Crippen MR) is 66.1 cm³/mol. The van der Waals surface area contributed by atoms with E-state index in [1.165, 1.54) is 19.3 Å². The molecule has 3 heteroatoms. The lowest BCUT2D eigenvalue weighted by Gasteiger charge is -2.17. The average Bonchev–Trinajstić information content (AvgIpc) is 2.70. The monoisotopic (exact) mass is 224 g/mol. The van der Waals surface area contributed by atoms with Crippen LogP contribution in [-0.4, -0.2) is 14.7 Å². The van der Waals surface area contributed by atoms with Crippen molar-refractivity contribution in [3.63, 3.8) is 0 Å². The van der Waals surface area contributed by atoms with E-state index in [1.54, 1.807) is 6.33 Å². The molecule has 0 aliphatic carbocycles. The summed E-state index contributed by atoms with van der Waals surface area (Å²) in [5.74, 6) is 0.622. The van der Waals surface area contributed by atoms with Gasteiger partial charge in [0.25, 0.3) is 0 Å². The zero-order chi connectivity index (χ0) is 12.0. The fourth-order valence-corrected chi connectivity index (χ4v) is 2.02. The van der Waals surface area contributed by atoms with E-state index in [0.717, 1.165) is 18.5 Å². The third-order valence-electron chi connectivity index (χ3n) is 3.17. The molecule has 0 aliphatic rings. The molecular formula is C13H24N2O. The maximum absolute atomic E-state index is 10.1. The first-order valence-corrected chi connectivity index (χ1v) is 6.33. The van der Waals surface area contributed by atoms with Gasteiger partial charge in [0.15, 0.2) is 0 Å². The van der Waals surface area contributed by atoms with Crippen molar-refractivity contribution >= 4 is 0 Å². The van der Waals surface area contributed by atoms with Crippen molar-refractivity contribution in [1.29, 1.82) is 0 Å². The number of aryl methyl sites for hydroxylation is 1. The molecule has 0 spiro atoms. The smallest absolute Gasteiger partial charge is 0.0977 e. The minimum absolute atomic E-state index is 0.400. The van der Waals surface area contributed by atoms with E-state index >= 15 is 0 Å². The summed E-state index contributed by atoms with van der Waals surface area (Å²) in [7, 11) is 1.93. The number of unbranched alkanes of at least 4 members (excludes halogenated alkanes) is 1. The standard InChI is InChI=1S/C13H24N2O/c1-4-6-7-11(5-2)8-13(16)12-9-15(3)10-14-12/h9-11,13,16H,4-8H2,1-3H3. The number of hydrogen-bond donors (Lipinski definition) is 1. The first-order valence-electron chi connectivity index (χ1n) is 6.33. The summed E-state index contributed by atoms with van der Waals surface area (Å²) in [6.07, 6.45) is 8.93. The van der Waals surface area contributed by atoms with Gasteiger partial charge in [0, 0.05) is 13.2 Å². The highest BCUT2D eigenvalue weighted by Gasteiger charge is 2.16. The van der Waals surface area contributed by atoms with Gasteiger partial charge in [-0.2, -0.15) is 0 Å². The summed E-state index contributed by atoms with van der Waals surface area (Å²) in [5.41, 5.74) is 0.803. The van der Waals surface area contributed by atoms with Gasteiger partial charge in [-0.15, -0.1) is 0 Å². The highest BCUT2D eigenvalue weighted by atomic mass is 16.3. The second kappa shape index (κ2) is 6.69. The van der Waals surface area contributed by atoms with E-state index in [9.17, 15) is 5.11 Å². The van der Waals surface area contributed by atoms with Crippen LogP contribution in [0.5, 0.6) is 0 Å². The van der Waals surface area contributed by atoms with Crippen LogP contribution < -0.4 is 0 Å².